The van der Waals surface area contributed by atoms with Gasteiger partial charge in [0.2, 0.25) is 0 Å². The van der Waals surface area contributed by atoms with Crippen molar-refractivity contribution in [3.05, 3.63) is 29.3 Å². The zero-order chi connectivity index (χ0) is 13.9. The van der Waals surface area contributed by atoms with Gasteiger partial charge in [0.25, 0.3) is 0 Å². The molecule has 0 unspecified atom stereocenters. The minimum atomic E-state index is -1.81. The van der Waals surface area contributed by atoms with Crippen molar-refractivity contribution in [3.63, 3.8) is 0 Å². The van der Waals surface area contributed by atoms with Crippen LogP contribution in [0.5, 0.6) is 0 Å². The molecule has 0 bridgehead atoms. The topological polar surface area (TPSA) is 141 Å². The summed E-state index contributed by atoms with van der Waals surface area (Å²) in [5.41, 5.74) is -1.62. The van der Waals surface area contributed by atoms with Crippen molar-refractivity contribution in [3.8, 4) is 0 Å². The van der Waals surface area contributed by atoms with E-state index in [1.165, 1.54) is 6.07 Å². The molecule has 18 heavy (non-hydrogen) atoms. The molecule has 8 nitrogen and oxygen atoms in total. The molecule has 0 spiro atoms. The van der Waals surface area contributed by atoms with Crippen LogP contribution in [-0.2, 0) is 9.59 Å². The van der Waals surface area contributed by atoms with Crippen LogP contribution in [0, 0.1) is 0 Å². The number of carbonyl (C=O) groups excluding carboxylic acids is 1. The smallest absolute Gasteiger partial charge is 0.394 e. The minimum Gasteiger partial charge on any atom is -0.478 e. The van der Waals surface area contributed by atoms with Crippen LogP contribution in [0.3, 0.4) is 0 Å². The third kappa shape index (κ3) is 2.61. The Morgan fingerprint density at radius 2 is 1.56 bits per heavy atom. The summed E-state index contributed by atoms with van der Waals surface area (Å²) in [6.07, 6.45) is 0. The van der Waals surface area contributed by atoms with Gasteiger partial charge in [-0.25, -0.2) is 14.4 Å². The van der Waals surface area contributed by atoms with E-state index < -0.39 is 40.6 Å². The highest BCUT2D eigenvalue weighted by Crippen LogP contribution is 2.20. The average molecular weight is 253 g/mol. The van der Waals surface area contributed by atoms with E-state index in [0.717, 1.165) is 12.1 Å². The molecule has 0 aliphatic heterocycles. The normalized spacial score (nSPS) is 9.56. The standard InChI is InChI=1S/C10H7NO7/c12-7(10(17)18)11-5-3-1-2-4(8(13)14)6(5)9(15)16/h1-3H,(H,11,12)(H,13,14)(H,15,16)(H,17,18). The van der Waals surface area contributed by atoms with E-state index in [4.69, 9.17) is 15.3 Å². The third-order valence-corrected chi connectivity index (χ3v) is 1.95. The number of nitrogens with one attached hydrogen (secondary N) is 1. The lowest BCUT2D eigenvalue weighted by atomic mass is 10.1. The van der Waals surface area contributed by atoms with Crippen LogP contribution >= 0.6 is 0 Å². The Morgan fingerprint density at radius 3 is 2.00 bits per heavy atom. The minimum absolute atomic E-state index is 0.394. The molecule has 0 saturated heterocycles. The Morgan fingerprint density at radius 1 is 0.944 bits per heavy atom. The van der Waals surface area contributed by atoms with Crippen LogP contribution in [-0.4, -0.2) is 39.1 Å². The first-order valence-corrected chi connectivity index (χ1v) is 4.48. The molecule has 1 rings (SSSR count). The van der Waals surface area contributed by atoms with Gasteiger partial charge in [0.05, 0.1) is 16.8 Å². The summed E-state index contributed by atoms with van der Waals surface area (Å²) in [7, 11) is 0. The molecule has 0 saturated carbocycles. The molecule has 4 N–H and O–H groups in total. The van der Waals surface area contributed by atoms with Crippen LogP contribution in [0.15, 0.2) is 18.2 Å². The van der Waals surface area contributed by atoms with Gasteiger partial charge >= 0.3 is 23.8 Å². The maximum absolute atomic E-state index is 10.9. The van der Waals surface area contributed by atoms with Crippen molar-refractivity contribution in [2.45, 2.75) is 0 Å². The lowest BCUT2D eigenvalue weighted by Gasteiger charge is -2.08. The summed E-state index contributed by atoms with van der Waals surface area (Å²) in [5.74, 6) is -6.36. The predicted molar refractivity (Wildman–Crippen MR) is 56.6 cm³/mol. The average Bonchev–Trinajstić information content (AvgIpc) is 2.27. The van der Waals surface area contributed by atoms with E-state index in [-0.39, 0.29) is 0 Å². The maximum atomic E-state index is 10.9. The van der Waals surface area contributed by atoms with Gasteiger partial charge in [0.1, 0.15) is 0 Å². The highest BCUT2D eigenvalue weighted by molar-refractivity contribution is 6.37. The molecule has 0 radical (unpaired) electrons. The Balaban J connectivity index is 3.32. The molecule has 0 heterocycles. The SMILES string of the molecule is O=C(O)C(=O)Nc1cccc(C(=O)O)c1C(=O)O. The van der Waals surface area contributed by atoms with Crippen molar-refractivity contribution in [2.75, 3.05) is 5.32 Å². The Labute approximate surface area is 99.5 Å². The van der Waals surface area contributed by atoms with E-state index in [9.17, 15) is 19.2 Å². The van der Waals surface area contributed by atoms with Gasteiger partial charge in [-0.3, -0.25) is 4.79 Å². The molecule has 94 valence electrons. The number of carboxylic acid groups (broad SMARTS) is 3. The van der Waals surface area contributed by atoms with Crippen molar-refractivity contribution < 1.29 is 34.5 Å². The van der Waals surface area contributed by atoms with Gasteiger partial charge in [-0.05, 0) is 12.1 Å². The van der Waals surface area contributed by atoms with E-state index in [1.54, 1.807) is 5.32 Å². The number of amides is 1. The number of hydrogen-bond acceptors (Lipinski definition) is 4. The summed E-state index contributed by atoms with van der Waals surface area (Å²) in [4.78, 5) is 43.0. The first-order chi connectivity index (χ1) is 8.34. The molecule has 0 aliphatic carbocycles. The molecular weight excluding hydrogens is 246 g/mol. The highest BCUT2D eigenvalue weighted by atomic mass is 16.4. The van der Waals surface area contributed by atoms with Gasteiger partial charge in [-0.1, -0.05) is 6.07 Å². The number of hydrogen-bond donors (Lipinski definition) is 4. The van der Waals surface area contributed by atoms with Gasteiger partial charge in [0.15, 0.2) is 0 Å². The van der Waals surface area contributed by atoms with E-state index in [1.807, 2.05) is 0 Å². The number of aliphatic carboxylic acids is 1. The van der Waals surface area contributed by atoms with Crippen molar-refractivity contribution in [1.82, 2.24) is 0 Å². The molecule has 1 aromatic rings. The number of carboxylic acids is 3. The zero-order valence-corrected chi connectivity index (χ0v) is 8.71. The quantitative estimate of drug-likeness (QED) is 0.560. The second kappa shape index (κ2) is 4.95. The summed E-state index contributed by atoms with van der Waals surface area (Å²) in [5, 5.41) is 27.9. The lowest BCUT2D eigenvalue weighted by Crippen LogP contribution is -2.24. The second-order valence-corrected chi connectivity index (χ2v) is 3.10. The number of aromatic carboxylic acids is 2. The van der Waals surface area contributed by atoms with Gasteiger partial charge in [-0.15, -0.1) is 0 Å². The molecule has 0 fully saturated rings. The fourth-order valence-electron chi connectivity index (χ4n) is 1.24. The number of benzene rings is 1. The molecule has 1 aromatic carbocycles. The van der Waals surface area contributed by atoms with Crippen molar-refractivity contribution >= 4 is 29.5 Å². The predicted octanol–water partition coefficient (Wildman–Crippen LogP) is 0.106. The van der Waals surface area contributed by atoms with Gasteiger partial charge in [-0.2, -0.15) is 0 Å². The highest BCUT2D eigenvalue weighted by Gasteiger charge is 2.22. The van der Waals surface area contributed by atoms with E-state index >= 15 is 0 Å². The first kappa shape index (κ1) is 13.2. The summed E-state index contributed by atoms with van der Waals surface area (Å²) >= 11 is 0. The number of rotatable bonds is 3. The molecular formula is C10H7NO7. The fourth-order valence-corrected chi connectivity index (χ4v) is 1.24. The zero-order valence-electron chi connectivity index (χ0n) is 8.71. The van der Waals surface area contributed by atoms with Crippen LogP contribution in [0.25, 0.3) is 0 Å². The molecule has 0 aliphatic rings. The largest absolute Gasteiger partial charge is 0.478 e. The summed E-state index contributed by atoms with van der Waals surface area (Å²) < 4.78 is 0. The van der Waals surface area contributed by atoms with Crippen LogP contribution in [0.4, 0.5) is 5.69 Å². The second-order valence-electron chi connectivity index (χ2n) is 3.10. The Hall–Kier alpha value is -2.90. The molecule has 0 atom stereocenters. The van der Waals surface area contributed by atoms with Gasteiger partial charge in [0, 0.05) is 0 Å². The van der Waals surface area contributed by atoms with Gasteiger partial charge < -0.3 is 20.6 Å². The molecule has 0 aromatic heterocycles. The fraction of sp³-hybridized carbons (Fsp3) is 0. The maximum Gasteiger partial charge on any atom is 0.394 e. The van der Waals surface area contributed by atoms with E-state index in [2.05, 4.69) is 0 Å². The van der Waals surface area contributed by atoms with E-state index in [0.29, 0.717) is 0 Å². The number of carbonyl (C=O) groups is 4. The summed E-state index contributed by atoms with van der Waals surface area (Å²) in [6.45, 7) is 0. The monoisotopic (exact) mass is 253 g/mol. The lowest BCUT2D eigenvalue weighted by molar-refractivity contribution is -0.147. The van der Waals surface area contributed by atoms with Crippen molar-refractivity contribution in [1.29, 1.82) is 0 Å². The third-order valence-electron chi connectivity index (χ3n) is 1.95. The van der Waals surface area contributed by atoms with Crippen LogP contribution in [0.1, 0.15) is 20.7 Å². The van der Waals surface area contributed by atoms with Crippen LogP contribution in [0.2, 0.25) is 0 Å². The number of anilines is 1. The molecule has 1 amide bonds. The Bertz CT molecular complexity index is 549. The van der Waals surface area contributed by atoms with Crippen LogP contribution < -0.4 is 5.32 Å². The summed E-state index contributed by atoms with van der Waals surface area (Å²) in [6, 6.07) is 3.31. The molecule has 8 heteroatoms. The first-order valence-electron chi connectivity index (χ1n) is 4.48. The Kier molecular flexibility index (Phi) is 3.62. The van der Waals surface area contributed by atoms with Crippen molar-refractivity contribution in [2.24, 2.45) is 0 Å².